The summed E-state index contributed by atoms with van der Waals surface area (Å²) in [6.45, 7) is 0.604. The Balaban J connectivity index is 1.39. The van der Waals surface area contributed by atoms with Gasteiger partial charge in [0.25, 0.3) is 11.8 Å². The maximum atomic E-state index is 12.5. The fraction of sp³-hybridized carbons (Fsp3) is 0.148. The highest BCUT2D eigenvalue weighted by atomic mass is 16.5. The molecule has 1 N–H and O–H groups in total. The van der Waals surface area contributed by atoms with Crippen LogP contribution in [0.15, 0.2) is 66.7 Å². The molecule has 7 heteroatoms. The number of imide groups is 1. The molecule has 0 spiro atoms. The van der Waals surface area contributed by atoms with Crippen molar-refractivity contribution in [3.05, 3.63) is 94.5 Å². The van der Waals surface area contributed by atoms with E-state index in [0.29, 0.717) is 35.7 Å². The van der Waals surface area contributed by atoms with Gasteiger partial charge in [-0.15, -0.1) is 0 Å². The third-order valence-corrected chi connectivity index (χ3v) is 5.50. The number of carboxylic acid groups (broad SMARTS) is 1. The van der Waals surface area contributed by atoms with Gasteiger partial charge in [0.1, 0.15) is 11.5 Å². The molecule has 3 aromatic rings. The predicted molar refractivity (Wildman–Crippen MR) is 127 cm³/mol. The van der Waals surface area contributed by atoms with Crippen LogP contribution in [0.1, 0.15) is 48.6 Å². The minimum atomic E-state index is -1.02. The van der Waals surface area contributed by atoms with Gasteiger partial charge in [-0.05, 0) is 36.8 Å². The highest BCUT2D eigenvalue weighted by molar-refractivity contribution is 6.21. The number of amides is 2. The first-order valence-electron chi connectivity index (χ1n) is 10.8. The molecule has 3 aromatic carbocycles. The molecule has 4 rings (SSSR count). The van der Waals surface area contributed by atoms with E-state index < -0.39 is 5.97 Å². The highest BCUT2D eigenvalue weighted by Crippen LogP contribution is 2.26. The number of hydrogen-bond donors (Lipinski definition) is 1. The monoisotopic (exact) mass is 457 g/mol. The summed E-state index contributed by atoms with van der Waals surface area (Å²) in [4.78, 5) is 37.4. The third kappa shape index (κ3) is 4.68. The first-order valence-corrected chi connectivity index (χ1v) is 10.8. The summed E-state index contributed by atoms with van der Waals surface area (Å²) in [6.07, 6.45) is 4.18. The Kier molecular flexibility index (Phi) is 6.73. The van der Waals surface area contributed by atoms with Crippen molar-refractivity contribution in [1.29, 1.82) is 0 Å². The van der Waals surface area contributed by atoms with Crippen LogP contribution in [0.3, 0.4) is 0 Å². The van der Waals surface area contributed by atoms with Crippen LogP contribution in [0.25, 0.3) is 12.2 Å². The summed E-state index contributed by atoms with van der Waals surface area (Å²) < 4.78 is 11.2. The molecule has 172 valence electrons. The molecule has 1 heterocycles. The maximum absolute atomic E-state index is 12.5. The summed E-state index contributed by atoms with van der Waals surface area (Å²) >= 11 is 0. The largest absolute Gasteiger partial charge is 0.496 e. The number of nitrogens with zero attached hydrogens (tertiary/aromatic N) is 1. The van der Waals surface area contributed by atoms with Crippen molar-refractivity contribution in [2.75, 3.05) is 20.3 Å². The fourth-order valence-corrected chi connectivity index (χ4v) is 3.76. The van der Waals surface area contributed by atoms with Crippen LogP contribution >= 0.6 is 0 Å². The number of benzene rings is 3. The smallest absolute Gasteiger partial charge is 0.335 e. The van der Waals surface area contributed by atoms with Gasteiger partial charge in [0, 0.05) is 17.7 Å². The van der Waals surface area contributed by atoms with Crippen molar-refractivity contribution >= 4 is 29.9 Å². The van der Waals surface area contributed by atoms with Gasteiger partial charge in [-0.25, -0.2) is 4.79 Å². The van der Waals surface area contributed by atoms with Crippen LogP contribution in [0.2, 0.25) is 0 Å². The number of para-hydroxylation sites is 1. The Labute approximate surface area is 196 Å². The molecule has 0 aliphatic carbocycles. The lowest BCUT2D eigenvalue weighted by Crippen LogP contribution is -2.31. The third-order valence-electron chi connectivity index (χ3n) is 5.50. The van der Waals surface area contributed by atoms with Crippen molar-refractivity contribution in [3.8, 4) is 11.5 Å². The minimum Gasteiger partial charge on any atom is -0.496 e. The summed E-state index contributed by atoms with van der Waals surface area (Å²) in [6, 6.07) is 19.0. The van der Waals surface area contributed by atoms with Gasteiger partial charge in [0.2, 0.25) is 0 Å². The second kappa shape index (κ2) is 10.0. The van der Waals surface area contributed by atoms with E-state index in [1.165, 1.54) is 24.1 Å². The normalized spacial score (nSPS) is 12.8. The number of ether oxygens (including phenoxy) is 2. The molecule has 0 atom stereocenters. The van der Waals surface area contributed by atoms with Gasteiger partial charge < -0.3 is 14.6 Å². The Bertz CT molecular complexity index is 1240. The predicted octanol–water partition coefficient (Wildman–Crippen LogP) is 4.63. The topological polar surface area (TPSA) is 93.1 Å². The Morgan fingerprint density at radius 1 is 0.882 bits per heavy atom. The van der Waals surface area contributed by atoms with E-state index in [0.717, 1.165) is 11.1 Å². The van der Waals surface area contributed by atoms with E-state index in [9.17, 15) is 14.4 Å². The number of fused-ring (bicyclic) bond motifs is 1. The summed E-state index contributed by atoms with van der Waals surface area (Å²) in [5, 5.41) is 9.16. The molecular weight excluding hydrogens is 434 g/mol. The van der Waals surface area contributed by atoms with Crippen molar-refractivity contribution < 1.29 is 29.0 Å². The first kappa shape index (κ1) is 22.8. The number of methoxy groups -OCH3 is 1. The maximum Gasteiger partial charge on any atom is 0.335 e. The number of rotatable bonds is 9. The Morgan fingerprint density at radius 3 is 2.15 bits per heavy atom. The average Bonchev–Trinajstić information content (AvgIpc) is 3.10. The van der Waals surface area contributed by atoms with Crippen LogP contribution in [-0.2, 0) is 0 Å². The lowest BCUT2D eigenvalue weighted by molar-refractivity contribution is 0.0643. The van der Waals surface area contributed by atoms with E-state index in [1.807, 2.05) is 36.4 Å². The molecule has 0 aromatic heterocycles. The van der Waals surface area contributed by atoms with Gasteiger partial charge in [-0.3, -0.25) is 14.5 Å². The van der Waals surface area contributed by atoms with E-state index >= 15 is 0 Å². The lowest BCUT2D eigenvalue weighted by atomic mass is 10.1. The Morgan fingerprint density at radius 2 is 1.50 bits per heavy atom. The summed E-state index contributed by atoms with van der Waals surface area (Å²) in [5.41, 5.74) is 2.59. The SMILES string of the molecule is COc1cc(C(=O)O)ccc1/C=C/c1ccccc1OCCCN1C(=O)c2ccccc2C1=O. The minimum absolute atomic E-state index is 0.149. The summed E-state index contributed by atoms with van der Waals surface area (Å²) in [5.74, 6) is -0.454. The zero-order chi connectivity index (χ0) is 24.1. The molecule has 1 aliphatic heterocycles. The van der Waals surface area contributed by atoms with Gasteiger partial charge in [-0.1, -0.05) is 48.6 Å². The average molecular weight is 457 g/mol. The van der Waals surface area contributed by atoms with Crippen LogP contribution < -0.4 is 9.47 Å². The van der Waals surface area contributed by atoms with Crippen LogP contribution in [0.4, 0.5) is 0 Å². The first-order chi connectivity index (χ1) is 16.5. The van der Waals surface area contributed by atoms with Gasteiger partial charge >= 0.3 is 5.97 Å². The number of hydrogen-bond acceptors (Lipinski definition) is 5. The van der Waals surface area contributed by atoms with E-state index in [1.54, 1.807) is 30.3 Å². The molecule has 0 bridgehead atoms. The molecule has 0 fully saturated rings. The van der Waals surface area contributed by atoms with Crippen LogP contribution in [-0.4, -0.2) is 48.1 Å². The second-order valence-electron chi connectivity index (χ2n) is 7.64. The van der Waals surface area contributed by atoms with Crippen molar-refractivity contribution in [2.24, 2.45) is 0 Å². The quantitative estimate of drug-likeness (QED) is 0.286. The van der Waals surface area contributed by atoms with Crippen molar-refractivity contribution in [2.45, 2.75) is 6.42 Å². The van der Waals surface area contributed by atoms with E-state index in [4.69, 9.17) is 14.6 Å². The molecule has 1 aliphatic rings. The van der Waals surface area contributed by atoms with E-state index in [-0.39, 0.29) is 23.9 Å². The molecule has 2 amide bonds. The number of carbonyl (C=O) groups is 3. The zero-order valence-electron chi connectivity index (χ0n) is 18.6. The van der Waals surface area contributed by atoms with Gasteiger partial charge in [0.05, 0.1) is 30.4 Å². The van der Waals surface area contributed by atoms with Crippen molar-refractivity contribution in [1.82, 2.24) is 4.90 Å². The Hall–Kier alpha value is -4.39. The van der Waals surface area contributed by atoms with Crippen LogP contribution in [0.5, 0.6) is 11.5 Å². The molecular formula is C27H23NO6. The zero-order valence-corrected chi connectivity index (χ0v) is 18.6. The molecule has 0 saturated heterocycles. The van der Waals surface area contributed by atoms with Gasteiger partial charge in [0.15, 0.2) is 0 Å². The van der Waals surface area contributed by atoms with Crippen molar-refractivity contribution in [3.63, 3.8) is 0 Å². The molecule has 0 unspecified atom stereocenters. The van der Waals surface area contributed by atoms with E-state index in [2.05, 4.69) is 0 Å². The fourth-order valence-electron chi connectivity index (χ4n) is 3.76. The number of carboxylic acids is 1. The molecule has 7 nitrogen and oxygen atoms in total. The van der Waals surface area contributed by atoms with Crippen LogP contribution in [0, 0.1) is 0 Å². The molecule has 0 radical (unpaired) electrons. The number of aromatic carboxylic acids is 1. The van der Waals surface area contributed by atoms with Gasteiger partial charge in [-0.2, -0.15) is 0 Å². The standard InChI is InChI=1S/C27H23NO6/c1-33-24-17-20(27(31)32)14-13-19(24)12-11-18-7-2-5-10-23(18)34-16-6-15-28-25(29)21-8-3-4-9-22(21)26(28)30/h2-5,7-14,17H,6,15-16H2,1H3,(H,31,32)/b12-11+. The number of carbonyl (C=O) groups excluding carboxylic acids is 2. The lowest BCUT2D eigenvalue weighted by Gasteiger charge is -2.14. The molecule has 0 saturated carbocycles. The highest BCUT2D eigenvalue weighted by Gasteiger charge is 2.34. The molecule has 34 heavy (non-hydrogen) atoms. The summed E-state index contributed by atoms with van der Waals surface area (Å²) in [7, 11) is 1.49. The second-order valence-corrected chi connectivity index (χ2v) is 7.64.